The molecule has 104 valence electrons. The zero-order chi connectivity index (χ0) is 13.7. The Labute approximate surface area is 115 Å². The van der Waals surface area contributed by atoms with Crippen LogP contribution in [-0.4, -0.2) is 15.8 Å². The second-order valence-electron chi connectivity index (χ2n) is 4.85. The highest BCUT2D eigenvalue weighted by Gasteiger charge is 2.16. The quantitative estimate of drug-likeness (QED) is 0.663. The summed E-state index contributed by atoms with van der Waals surface area (Å²) < 4.78 is 0. The molecule has 1 fully saturated rings. The summed E-state index contributed by atoms with van der Waals surface area (Å²) >= 11 is 0.889. The number of anilines is 1. The summed E-state index contributed by atoms with van der Waals surface area (Å²) in [5, 5.41) is 13.4. The molecule has 0 aliphatic heterocycles. The normalized spacial score (nSPS) is 16.2. The van der Waals surface area contributed by atoms with Crippen molar-refractivity contribution in [1.29, 1.82) is 0 Å². The number of thiazole rings is 1. The molecule has 0 unspecified atom stereocenters. The van der Waals surface area contributed by atoms with Gasteiger partial charge in [0.1, 0.15) is 6.20 Å². The summed E-state index contributed by atoms with van der Waals surface area (Å²) in [7, 11) is 0. The van der Waals surface area contributed by atoms with Gasteiger partial charge in [-0.25, -0.2) is 4.98 Å². The minimum Gasteiger partial charge on any atom is -0.302 e. The first-order valence-corrected chi connectivity index (χ1v) is 7.37. The largest absolute Gasteiger partial charge is 0.345 e. The van der Waals surface area contributed by atoms with Crippen LogP contribution >= 0.6 is 11.3 Å². The van der Waals surface area contributed by atoms with Crippen LogP contribution in [0.2, 0.25) is 0 Å². The number of rotatable bonds is 5. The van der Waals surface area contributed by atoms with Gasteiger partial charge in [0.2, 0.25) is 5.91 Å². The van der Waals surface area contributed by atoms with Crippen molar-refractivity contribution in [1.82, 2.24) is 4.98 Å². The van der Waals surface area contributed by atoms with Crippen LogP contribution in [-0.2, 0) is 4.79 Å². The van der Waals surface area contributed by atoms with E-state index in [1.165, 1.54) is 38.3 Å². The van der Waals surface area contributed by atoms with E-state index >= 15 is 0 Å². The molecule has 1 amide bonds. The zero-order valence-corrected chi connectivity index (χ0v) is 11.4. The van der Waals surface area contributed by atoms with E-state index in [4.69, 9.17) is 0 Å². The van der Waals surface area contributed by atoms with E-state index in [0.29, 0.717) is 17.5 Å². The number of aromatic nitrogens is 1. The number of carbonyl (C=O) groups is 1. The molecule has 1 saturated carbocycles. The smallest absolute Gasteiger partial charge is 0.302 e. The van der Waals surface area contributed by atoms with Crippen molar-refractivity contribution in [2.75, 3.05) is 5.32 Å². The molecule has 1 aliphatic rings. The monoisotopic (exact) mass is 283 g/mol. The Bertz CT molecular complexity index is 455. The van der Waals surface area contributed by atoms with Crippen molar-refractivity contribution in [3.8, 4) is 0 Å². The lowest BCUT2D eigenvalue weighted by Gasteiger charge is -2.20. The van der Waals surface area contributed by atoms with Crippen LogP contribution in [0.25, 0.3) is 0 Å². The molecule has 1 aromatic rings. The molecule has 0 bridgehead atoms. The minimum absolute atomic E-state index is 0.0532. The molecule has 0 aromatic carbocycles. The van der Waals surface area contributed by atoms with Crippen LogP contribution in [0, 0.1) is 16.0 Å². The highest BCUT2D eigenvalue weighted by atomic mass is 32.1. The Morgan fingerprint density at radius 1 is 1.47 bits per heavy atom. The van der Waals surface area contributed by atoms with Crippen LogP contribution in [0.5, 0.6) is 0 Å². The molecule has 0 saturated heterocycles. The zero-order valence-electron chi connectivity index (χ0n) is 10.6. The third kappa shape index (κ3) is 4.27. The molecule has 0 atom stereocenters. The van der Waals surface area contributed by atoms with Crippen molar-refractivity contribution in [3.05, 3.63) is 16.3 Å². The van der Waals surface area contributed by atoms with Gasteiger partial charge < -0.3 is 5.32 Å². The van der Waals surface area contributed by atoms with Gasteiger partial charge in [0.15, 0.2) is 5.13 Å². The lowest BCUT2D eigenvalue weighted by molar-refractivity contribution is -0.380. The molecule has 19 heavy (non-hydrogen) atoms. The SMILES string of the molecule is O=C(CCC1CCCCC1)Nc1ncc([N+](=O)[O-])s1. The van der Waals surface area contributed by atoms with Gasteiger partial charge in [-0.2, -0.15) is 0 Å². The van der Waals surface area contributed by atoms with Gasteiger partial charge in [-0.15, -0.1) is 0 Å². The van der Waals surface area contributed by atoms with Gasteiger partial charge in [0.05, 0.1) is 4.92 Å². The third-order valence-corrected chi connectivity index (χ3v) is 4.29. The van der Waals surface area contributed by atoms with Crippen LogP contribution in [0.1, 0.15) is 44.9 Å². The first kappa shape index (κ1) is 13.9. The highest BCUT2D eigenvalue weighted by molar-refractivity contribution is 7.18. The molecule has 1 aliphatic carbocycles. The highest BCUT2D eigenvalue weighted by Crippen LogP contribution is 2.28. The Kier molecular flexibility index (Phi) is 4.84. The Hall–Kier alpha value is -1.50. The summed E-state index contributed by atoms with van der Waals surface area (Å²) in [6.45, 7) is 0. The van der Waals surface area contributed by atoms with Crippen LogP contribution in [0.3, 0.4) is 0 Å². The standard InChI is InChI=1S/C12H17N3O3S/c16-10(7-6-9-4-2-1-3-5-9)14-12-13-8-11(19-12)15(17)18/h8-9H,1-7H2,(H,13,14,16). The van der Waals surface area contributed by atoms with Crippen molar-refractivity contribution in [2.24, 2.45) is 5.92 Å². The maximum atomic E-state index is 11.7. The molecule has 0 spiro atoms. The summed E-state index contributed by atoms with van der Waals surface area (Å²) in [5.41, 5.74) is 0. The molecule has 2 rings (SSSR count). The van der Waals surface area contributed by atoms with Crippen LogP contribution in [0.4, 0.5) is 10.1 Å². The Balaban J connectivity index is 1.75. The van der Waals surface area contributed by atoms with Gasteiger partial charge >= 0.3 is 5.00 Å². The van der Waals surface area contributed by atoms with Gasteiger partial charge in [0.25, 0.3) is 0 Å². The topological polar surface area (TPSA) is 85.1 Å². The Morgan fingerprint density at radius 2 is 2.21 bits per heavy atom. The van der Waals surface area contributed by atoms with E-state index in [9.17, 15) is 14.9 Å². The lowest BCUT2D eigenvalue weighted by atomic mass is 9.86. The number of carbonyl (C=O) groups excluding carboxylic acids is 1. The lowest BCUT2D eigenvalue weighted by Crippen LogP contribution is -2.14. The fourth-order valence-electron chi connectivity index (χ4n) is 2.40. The second-order valence-corrected chi connectivity index (χ2v) is 5.86. The molecule has 1 N–H and O–H groups in total. The van der Waals surface area contributed by atoms with E-state index in [0.717, 1.165) is 17.8 Å². The van der Waals surface area contributed by atoms with Gasteiger partial charge in [-0.05, 0) is 23.7 Å². The van der Waals surface area contributed by atoms with E-state index < -0.39 is 4.92 Å². The molecule has 6 nitrogen and oxygen atoms in total. The molecular weight excluding hydrogens is 266 g/mol. The Morgan fingerprint density at radius 3 is 2.84 bits per heavy atom. The van der Waals surface area contributed by atoms with Gasteiger partial charge in [0, 0.05) is 6.42 Å². The molecular formula is C12H17N3O3S. The van der Waals surface area contributed by atoms with E-state index in [1.54, 1.807) is 0 Å². The predicted octanol–water partition coefficient (Wildman–Crippen LogP) is 3.35. The molecule has 1 aromatic heterocycles. The first-order chi connectivity index (χ1) is 9.15. The number of nitrogens with one attached hydrogen (secondary N) is 1. The molecule has 1 heterocycles. The number of nitrogens with zero attached hydrogens (tertiary/aromatic N) is 2. The third-order valence-electron chi connectivity index (χ3n) is 3.42. The minimum atomic E-state index is -0.505. The van der Waals surface area contributed by atoms with E-state index in [2.05, 4.69) is 10.3 Å². The molecule has 7 heteroatoms. The van der Waals surface area contributed by atoms with Gasteiger partial charge in [-0.3, -0.25) is 14.9 Å². The number of amides is 1. The van der Waals surface area contributed by atoms with Crippen molar-refractivity contribution in [2.45, 2.75) is 44.9 Å². The maximum Gasteiger partial charge on any atom is 0.345 e. The molecule has 0 radical (unpaired) electrons. The van der Waals surface area contributed by atoms with Crippen LogP contribution in [0.15, 0.2) is 6.20 Å². The van der Waals surface area contributed by atoms with Crippen molar-refractivity contribution >= 4 is 27.4 Å². The number of nitro groups is 1. The van der Waals surface area contributed by atoms with E-state index in [-0.39, 0.29) is 10.9 Å². The fraction of sp³-hybridized carbons (Fsp3) is 0.667. The number of hydrogen-bond donors (Lipinski definition) is 1. The number of hydrogen-bond acceptors (Lipinski definition) is 5. The van der Waals surface area contributed by atoms with Crippen LogP contribution < -0.4 is 5.32 Å². The van der Waals surface area contributed by atoms with Crippen molar-refractivity contribution < 1.29 is 9.72 Å². The van der Waals surface area contributed by atoms with E-state index in [1.807, 2.05) is 0 Å². The van der Waals surface area contributed by atoms with Crippen molar-refractivity contribution in [3.63, 3.8) is 0 Å². The fourth-order valence-corrected chi connectivity index (χ4v) is 3.05. The second kappa shape index (κ2) is 6.60. The summed E-state index contributed by atoms with van der Waals surface area (Å²) in [5.74, 6) is 0.556. The predicted molar refractivity (Wildman–Crippen MR) is 73.2 cm³/mol. The average molecular weight is 283 g/mol. The summed E-state index contributed by atoms with van der Waals surface area (Å²) in [4.78, 5) is 25.5. The maximum absolute atomic E-state index is 11.7. The first-order valence-electron chi connectivity index (χ1n) is 6.55. The van der Waals surface area contributed by atoms with Gasteiger partial charge in [-0.1, -0.05) is 32.1 Å². The summed E-state index contributed by atoms with van der Waals surface area (Å²) in [6.07, 6.45) is 8.83. The summed E-state index contributed by atoms with van der Waals surface area (Å²) in [6, 6.07) is 0. The average Bonchev–Trinajstić information content (AvgIpc) is 2.86.